The van der Waals surface area contributed by atoms with E-state index in [1.807, 2.05) is 18.2 Å². The van der Waals surface area contributed by atoms with Crippen molar-refractivity contribution in [1.29, 1.82) is 0 Å². The Morgan fingerprint density at radius 2 is 2.18 bits per heavy atom. The molecule has 17 heavy (non-hydrogen) atoms. The Morgan fingerprint density at radius 3 is 2.76 bits per heavy atom. The molecule has 1 aliphatic rings. The smallest absolute Gasteiger partial charge is 0.303 e. The molecule has 1 aromatic carbocycles. The second-order valence-corrected chi connectivity index (χ2v) is 4.76. The van der Waals surface area contributed by atoms with Gasteiger partial charge >= 0.3 is 5.97 Å². The highest BCUT2D eigenvalue weighted by Crippen LogP contribution is 2.40. The summed E-state index contributed by atoms with van der Waals surface area (Å²) < 4.78 is 5.17. The maximum atomic E-state index is 10.9. The third kappa shape index (κ3) is 2.26. The summed E-state index contributed by atoms with van der Waals surface area (Å²) in [4.78, 5) is 10.9. The molecule has 0 saturated heterocycles. The number of ether oxygens (including phenoxy) is 1. The molecule has 2 rings (SSSR count). The van der Waals surface area contributed by atoms with E-state index in [1.165, 1.54) is 5.56 Å². The van der Waals surface area contributed by atoms with Crippen LogP contribution >= 0.6 is 0 Å². The number of hydrogen-bond acceptors (Lipinski definition) is 3. The van der Waals surface area contributed by atoms with Crippen LogP contribution in [0.5, 0.6) is 5.75 Å². The predicted molar refractivity (Wildman–Crippen MR) is 64.1 cm³/mol. The minimum atomic E-state index is -0.782. The number of carbonyl (C=O) groups is 1. The van der Waals surface area contributed by atoms with E-state index in [2.05, 4.69) is 0 Å². The third-order valence-electron chi connectivity index (χ3n) is 3.50. The molecular weight excluding hydrogens is 218 g/mol. The zero-order chi connectivity index (χ0) is 12.5. The van der Waals surface area contributed by atoms with Crippen LogP contribution in [-0.2, 0) is 17.6 Å². The zero-order valence-electron chi connectivity index (χ0n) is 9.90. The number of methoxy groups -OCH3 is 1. The van der Waals surface area contributed by atoms with Crippen molar-refractivity contribution in [3.63, 3.8) is 0 Å². The van der Waals surface area contributed by atoms with E-state index in [-0.39, 0.29) is 11.8 Å². The maximum absolute atomic E-state index is 10.9. The highest BCUT2D eigenvalue weighted by Gasteiger charge is 2.38. The first-order chi connectivity index (χ1) is 8.08. The van der Waals surface area contributed by atoms with Crippen molar-refractivity contribution in [2.45, 2.75) is 19.3 Å². The van der Waals surface area contributed by atoms with Crippen molar-refractivity contribution in [2.75, 3.05) is 13.7 Å². The van der Waals surface area contributed by atoms with Gasteiger partial charge in [-0.1, -0.05) is 6.07 Å². The molecule has 0 aromatic heterocycles. The molecule has 92 valence electrons. The lowest BCUT2D eigenvalue weighted by molar-refractivity contribution is -0.139. The van der Waals surface area contributed by atoms with Crippen LogP contribution in [0.3, 0.4) is 0 Å². The molecule has 0 saturated carbocycles. The van der Waals surface area contributed by atoms with Crippen molar-refractivity contribution < 1.29 is 14.6 Å². The SMILES string of the molecule is COc1ccc2c(c1)CC(CN)(CC(=O)O)C2. The summed E-state index contributed by atoms with van der Waals surface area (Å²) in [5.41, 5.74) is 7.81. The number of carboxylic acid groups (broad SMARTS) is 1. The lowest BCUT2D eigenvalue weighted by Crippen LogP contribution is -2.33. The van der Waals surface area contributed by atoms with Gasteiger partial charge in [-0.05, 0) is 42.6 Å². The highest BCUT2D eigenvalue weighted by atomic mass is 16.5. The first kappa shape index (κ1) is 11.9. The van der Waals surface area contributed by atoms with Gasteiger partial charge in [0.1, 0.15) is 5.75 Å². The first-order valence-electron chi connectivity index (χ1n) is 5.66. The fraction of sp³-hybridized carbons (Fsp3) is 0.462. The van der Waals surface area contributed by atoms with Crippen LogP contribution in [0.25, 0.3) is 0 Å². The Morgan fingerprint density at radius 1 is 1.47 bits per heavy atom. The van der Waals surface area contributed by atoms with Crippen molar-refractivity contribution in [3.8, 4) is 5.75 Å². The summed E-state index contributed by atoms with van der Waals surface area (Å²) in [5.74, 6) is 0.0297. The number of carboxylic acids is 1. The Kier molecular flexibility index (Phi) is 3.07. The fourth-order valence-corrected chi connectivity index (χ4v) is 2.60. The largest absolute Gasteiger partial charge is 0.497 e. The van der Waals surface area contributed by atoms with Gasteiger partial charge in [0.25, 0.3) is 0 Å². The van der Waals surface area contributed by atoms with Gasteiger partial charge in [0.2, 0.25) is 0 Å². The molecule has 0 fully saturated rings. The standard InChI is InChI=1S/C13H17NO3/c1-17-11-3-2-9-5-13(8-14,7-12(15)16)6-10(9)4-11/h2-4H,5-8,14H2,1H3,(H,15,16). The quantitative estimate of drug-likeness (QED) is 0.822. The van der Waals surface area contributed by atoms with Crippen LogP contribution in [0, 0.1) is 5.41 Å². The van der Waals surface area contributed by atoms with E-state index in [0.29, 0.717) is 6.54 Å². The Bertz CT molecular complexity index is 444. The number of benzene rings is 1. The Balaban J connectivity index is 2.26. The van der Waals surface area contributed by atoms with Gasteiger partial charge in [0.15, 0.2) is 0 Å². The number of fused-ring (bicyclic) bond motifs is 1. The number of nitrogens with two attached hydrogens (primary N) is 1. The molecule has 3 N–H and O–H groups in total. The molecule has 0 heterocycles. The van der Waals surface area contributed by atoms with Crippen molar-refractivity contribution in [3.05, 3.63) is 29.3 Å². The second-order valence-electron chi connectivity index (χ2n) is 4.76. The van der Waals surface area contributed by atoms with Crippen molar-refractivity contribution >= 4 is 5.97 Å². The molecule has 0 radical (unpaired) electrons. The lowest BCUT2D eigenvalue weighted by Gasteiger charge is -2.24. The molecule has 1 aromatic rings. The average molecular weight is 235 g/mol. The maximum Gasteiger partial charge on any atom is 0.303 e. The van der Waals surface area contributed by atoms with Crippen LogP contribution in [0.1, 0.15) is 17.5 Å². The normalized spacial score (nSPS) is 22.2. The molecular formula is C13H17NO3. The summed E-state index contributed by atoms with van der Waals surface area (Å²) in [7, 11) is 1.63. The van der Waals surface area contributed by atoms with Gasteiger partial charge in [-0.25, -0.2) is 0 Å². The topological polar surface area (TPSA) is 72.5 Å². The van der Waals surface area contributed by atoms with Gasteiger partial charge in [-0.2, -0.15) is 0 Å². The molecule has 0 aliphatic heterocycles. The Labute approximate surface area is 100 Å². The summed E-state index contributed by atoms with van der Waals surface area (Å²) in [6.07, 6.45) is 1.60. The molecule has 0 amide bonds. The van der Waals surface area contributed by atoms with Gasteiger partial charge in [-0.3, -0.25) is 4.79 Å². The van der Waals surface area contributed by atoms with E-state index >= 15 is 0 Å². The van der Waals surface area contributed by atoms with E-state index in [9.17, 15) is 4.79 Å². The van der Waals surface area contributed by atoms with Gasteiger partial charge < -0.3 is 15.6 Å². The molecule has 4 nitrogen and oxygen atoms in total. The number of hydrogen-bond donors (Lipinski definition) is 2. The molecule has 1 unspecified atom stereocenters. The fourth-order valence-electron chi connectivity index (χ4n) is 2.60. The van der Waals surface area contributed by atoms with Crippen LogP contribution in [0.4, 0.5) is 0 Å². The van der Waals surface area contributed by atoms with Gasteiger partial charge in [0.05, 0.1) is 13.5 Å². The average Bonchev–Trinajstić information content (AvgIpc) is 2.65. The molecule has 1 aliphatic carbocycles. The van der Waals surface area contributed by atoms with Crippen LogP contribution in [0.2, 0.25) is 0 Å². The number of rotatable bonds is 4. The molecule has 0 bridgehead atoms. The molecule has 1 atom stereocenters. The number of aliphatic carboxylic acids is 1. The minimum absolute atomic E-state index is 0.125. The third-order valence-corrected chi connectivity index (χ3v) is 3.50. The molecule has 4 heteroatoms. The minimum Gasteiger partial charge on any atom is -0.497 e. The molecule has 0 spiro atoms. The van der Waals surface area contributed by atoms with Gasteiger partial charge in [0, 0.05) is 5.41 Å². The highest BCUT2D eigenvalue weighted by molar-refractivity contribution is 5.68. The monoisotopic (exact) mass is 235 g/mol. The summed E-state index contributed by atoms with van der Waals surface area (Å²) in [6, 6.07) is 5.90. The summed E-state index contributed by atoms with van der Waals surface area (Å²) >= 11 is 0. The van der Waals surface area contributed by atoms with Crippen molar-refractivity contribution in [2.24, 2.45) is 11.1 Å². The van der Waals surface area contributed by atoms with E-state index < -0.39 is 5.97 Å². The van der Waals surface area contributed by atoms with Crippen LogP contribution in [0.15, 0.2) is 18.2 Å². The van der Waals surface area contributed by atoms with E-state index in [1.54, 1.807) is 7.11 Å². The van der Waals surface area contributed by atoms with Crippen LogP contribution < -0.4 is 10.5 Å². The van der Waals surface area contributed by atoms with E-state index in [4.69, 9.17) is 15.6 Å². The Hall–Kier alpha value is -1.55. The summed E-state index contributed by atoms with van der Waals surface area (Å²) in [5, 5.41) is 8.97. The zero-order valence-corrected chi connectivity index (χ0v) is 9.90. The second kappa shape index (κ2) is 4.37. The van der Waals surface area contributed by atoms with E-state index in [0.717, 1.165) is 24.2 Å². The van der Waals surface area contributed by atoms with Crippen molar-refractivity contribution in [1.82, 2.24) is 0 Å². The predicted octanol–water partition coefficient (Wildman–Crippen LogP) is 1.21. The lowest BCUT2D eigenvalue weighted by atomic mass is 9.81. The van der Waals surface area contributed by atoms with Crippen LogP contribution in [-0.4, -0.2) is 24.7 Å². The first-order valence-corrected chi connectivity index (χ1v) is 5.66. The summed E-state index contributed by atoms with van der Waals surface area (Å²) in [6.45, 7) is 0.399. The van der Waals surface area contributed by atoms with Gasteiger partial charge in [-0.15, -0.1) is 0 Å².